The summed E-state index contributed by atoms with van der Waals surface area (Å²) in [6.07, 6.45) is 29.0. The van der Waals surface area contributed by atoms with Crippen molar-refractivity contribution in [3.05, 3.63) is 24.3 Å². The molecule has 44 heavy (non-hydrogen) atoms. The highest BCUT2D eigenvalue weighted by Gasteiger charge is 2.20. The molecular weight excluding hydrogens is 577 g/mol. The molecule has 0 heterocycles. The molecule has 0 rings (SSSR count). The molecule has 0 aliphatic rings. The average Bonchev–Trinajstić information content (AvgIpc) is 2.96. The fourth-order valence-electron chi connectivity index (χ4n) is 4.44. The highest BCUT2D eigenvalue weighted by molar-refractivity contribution is 7.45. The van der Waals surface area contributed by atoms with Gasteiger partial charge in [-0.25, -0.2) is 0 Å². The van der Waals surface area contributed by atoms with Crippen LogP contribution in [0.15, 0.2) is 24.3 Å². The van der Waals surface area contributed by atoms with Crippen LogP contribution in [-0.2, 0) is 27.9 Å². The van der Waals surface area contributed by atoms with Crippen LogP contribution in [0, 0.1) is 0 Å². The largest absolute Gasteiger partial charge is 0.756 e. The maximum atomic E-state index is 12.5. The van der Waals surface area contributed by atoms with Gasteiger partial charge in [-0.05, 0) is 38.5 Å². The van der Waals surface area contributed by atoms with E-state index >= 15 is 0 Å². The minimum atomic E-state index is -4.51. The second kappa shape index (κ2) is 29.4. The Labute approximate surface area is 271 Å². The van der Waals surface area contributed by atoms with E-state index in [0.717, 1.165) is 57.8 Å². The maximum Gasteiger partial charge on any atom is 0.306 e. The van der Waals surface area contributed by atoms with Crippen LogP contribution < -0.4 is 4.89 Å². The Morgan fingerprint density at radius 3 is 1.91 bits per heavy atom. The molecule has 260 valence electrons. The first-order chi connectivity index (χ1) is 21.1. The molecule has 2 unspecified atom stereocenters. The third-order valence-corrected chi connectivity index (χ3v) is 8.22. The number of nitrogens with zero attached hydrogens (tertiary/aromatic N) is 1. The number of unbranched alkanes of at least 4 members (excludes halogenated alkanes) is 14. The summed E-state index contributed by atoms with van der Waals surface area (Å²) in [5.41, 5.74) is 0. The van der Waals surface area contributed by atoms with Crippen LogP contribution in [-0.4, -0.2) is 70.7 Å². The number of esters is 1. The lowest BCUT2D eigenvalue weighted by Crippen LogP contribution is -2.37. The predicted octanol–water partition coefficient (Wildman–Crippen LogP) is 8.69. The van der Waals surface area contributed by atoms with Gasteiger partial charge in [-0.2, -0.15) is 0 Å². The molecule has 0 saturated carbocycles. The summed E-state index contributed by atoms with van der Waals surface area (Å²) in [6.45, 7) is 5.31. The number of rotatable bonds is 32. The molecule has 2 atom stereocenters. The van der Waals surface area contributed by atoms with Crippen molar-refractivity contribution < 1.29 is 37.3 Å². The van der Waals surface area contributed by atoms with Gasteiger partial charge in [0.1, 0.15) is 19.3 Å². The molecule has 0 aromatic carbocycles. The fraction of sp³-hybridized carbons (Fsp3) is 0.857. The zero-order valence-electron chi connectivity index (χ0n) is 29.1. The second-order valence-corrected chi connectivity index (χ2v) is 14.3. The number of likely N-dealkylation sites (N-methyl/N-ethyl adjacent to an activating group) is 1. The van der Waals surface area contributed by atoms with Crippen molar-refractivity contribution in [3.63, 3.8) is 0 Å². The standard InChI is InChI=1S/C35H68NO7P/c1-6-8-10-12-14-16-17-18-19-20-21-22-24-26-28-35(37)43-34(32-40-30-27-25-23-15-13-11-9-7-2)33-42-44(38,39)41-31-29-36(3,4)5/h12,14,17-18,34H,6-11,13,15-16,19-33H2,1-5H3/b14-12-,18-17-. The molecule has 9 heteroatoms. The number of hydrogen-bond acceptors (Lipinski definition) is 7. The van der Waals surface area contributed by atoms with E-state index in [9.17, 15) is 14.3 Å². The van der Waals surface area contributed by atoms with Gasteiger partial charge in [0.15, 0.2) is 0 Å². The number of hydrogen-bond donors (Lipinski definition) is 0. The highest BCUT2D eigenvalue weighted by Crippen LogP contribution is 2.38. The van der Waals surface area contributed by atoms with Gasteiger partial charge < -0.3 is 27.9 Å². The number of allylic oxidation sites excluding steroid dienone is 4. The zero-order chi connectivity index (χ0) is 32.8. The lowest BCUT2D eigenvalue weighted by atomic mass is 10.1. The van der Waals surface area contributed by atoms with Gasteiger partial charge in [0.05, 0.1) is 34.4 Å². The van der Waals surface area contributed by atoms with Crippen molar-refractivity contribution in [2.75, 3.05) is 54.1 Å². The number of carbonyl (C=O) groups is 1. The normalized spacial score (nSPS) is 14.4. The molecule has 0 fully saturated rings. The lowest BCUT2D eigenvalue weighted by molar-refractivity contribution is -0.870. The van der Waals surface area contributed by atoms with Crippen LogP contribution in [0.5, 0.6) is 0 Å². The smallest absolute Gasteiger partial charge is 0.306 e. The van der Waals surface area contributed by atoms with E-state index in [4.69, 9.17) is 18.5 Å². The first kappa shape index (κ1) is 43.0. The van der Waals surface area contributed by atoms with E-state index in [-0.39, 0.29) is 25.8 Å². The van der Waals surface area contributed by atoms with Crippen molar-refractivity contribution >= 4 is 13.8 Å². The van der Waals surface area contributed by atoms with Crippen LogP contribution in [0.3, 0.4) is 0 Å². The number of phosphoric acid groups is 1. The Balaban J connectivity index is 4.34. The molecular formula is C35H68NO7P. The summed E-state index contributed by atoms with van der Waals surface area (Å²) in [7, 11) is 1.34. The first-order valence-electron chi connectivity index (χ1n) is 17.6. The summed E-state index contributed by atoms with van der Waals surface area (Å²) < 4.78 is 34.2. The molecule has 0 aliphatic heterocycles. The molecule has 0 radical (unpaired) electrons. The summed E-state index contributed by atoms with van der Waals surface area (Å²) in [5, 5.41) is 0. The summed E-state index contributed by atoms with van der Waals surface area (Å²) in [5.74, 6) is -0.351. The van der Waals surface area contributed by atoms with Gasteiger partial charge in [0.2, 0.25) is 0 Å². The highest BCUT2D eigenvalue weighted by atomic mass is 31.2. The topological polar surface area (TPSA) is 94.1 Å². The third kappa shape index (κ3) is 32.4. The Morgan fingerprint density at radius 1 is 0.705 bits per heavy atom. The van der Waals surface area contributed by atoms with Gasteiger partial charge in [0, 0.05) is 13.0 Å². The molecule has 0 spiro atoms. The fourth-order valence-corrected chi connectivity index (χ4v) is 5.17. The van der Waals surface area contributed by atoms with Crippen LogP contribution >= 0.6 is 7.82 Å². The molecule has 0 bridgehead atoms. The van der Waals surface area contributed by atoms with E-state index in [1.165, 1.54) is 57.8 Å². The van der Waals surface area contributed by atoms with Gasteiger partial charge >= 0.3 is 5.97 Å². The number of quaternary nitrogens is 1. The minimum Gasteiger partial charge on any atom is -0.756 e. The Bertz CT molecular complexity index is 767. The Kier molecular flexibility index (Phi) is 28.7. The quantitative estimate of drug-likeness (QED) is 0.0238. The minimum absolute atomic E-state index is 0.0242. The molecule has 0 N–H and O–H groups in total. The number of carbonyl (C=O) groups excluding carboxylic acids is 1. The molecule has 0 saturated heterocycles. The lowest BCUT2D eigenvalue weighted by Gasteiger charge is -2.28. The zero-order valence-corrected chi connectivity index (χ0v) is 30.0. The average molecular weight is 646 g/mol. The molecule has 0 aromatic heterocycles. The van der Waals surface area contributed by atoms with Gasteiger partial charge in [0.25, 0.3) is 7.82 Å². The number of ether oxygens (including phenoxy) is 2. The van der Waals surface area contributed by atoms with Crippen LogP contribution in [0.2, 0.25) is 0 Å². The van der Waals surface area contributed by atoms with Gasteiger partial charge in [-0.3, -0.25) is 9.36 Å². The molecule has 0 amide bonds. The summed E-state index contributed by atoms with van der Waals surface area (Å²) in [4.78, 5) is 24.8. The van der Waals surface area contributed by atoms with Crippen molar-refractivity contribution in [2.24, 2.45) is 0 Å². The Hall–Kier alpha value is -1.02. The predicted molar refractivity (Wildman–Crippen MR) is 180 cm³/mol. The monoisotopic (exact) mass is 645 g/mol. The first-order valence-corrected chi connectivity index (χ1v) is 19.0. The van der Waals surface area contributed by atoms with Crippen LogP contribution in [0.4, 0.5) is 0 Å². The van der Waals surface area contributed by atoms with Gasteiger partial charge in [-0.1, -0.05) is 115 Å². The third-order valence-electron chi connectivity index (χ3n) is 7.26. The van der Waals surface area contributed by atoms with E-state index in [2.05, 4.69) is 38.2 Å². The van der Waals surface area contributed by atoms with Crippen molar-refractivity contribution in [1.29, 1.82) is 0 Å². The van der Waals surface area contributed by atoms with Crippen molar-refractivity contribution in [2.45, 2.75) is 142 Å². The molecule has 0 aromatic rings. The van der Waals surface area contributed by atoms with Crippen molar-refractivity contribution in [1.82, 2.24) is 0 Å². The van der Waals surface area contributed by atoms with Crippen molar-refractivity contribution in [3.8, 4) is 0 Å². The van der Waals surface area contributed by atoms with E-state index in [1.807, 2.05) is 21.1 Å². The van der Waals surface area contributed by atoms with Crippen LogP contribution in [0.25, 0.3) is 0 Å². The van der Waals surface area contributed by atoms with Crippen LogP contribution in [0.1, 0.15) is 136 Å². The summed E-state index contributed by atoms with van der Waals surface area (Å²) >= 11 is 0. The molecule has 8 nitrogen and oxygen atoms in total. The summed E-state index contributed by atoms with van der Waals surface area (Å²) in [6, 6.07) is 0. The second-order valence-electron chi connectivity index (χ2n) is 12.9. The van der Waals surface area contributed by atoms with E-state index in [0.29, 0.717) is 24.1 Å². The van der Waals surface area contributed by atoms with Gasteiger partial charge in [-0.15, -0.1) is 0 Å². The Morgan fingerprint density at radius 2 is 1.27 bits per heavy atom. The van der Waals surface area contributed by atoms with E-state index < -0.39 is 13.9 Å². The maximum absolute atomic E-state index is 12.5. The number of phosphoric ester groups is 1. The molecule has 0 aliphatic carbocycles. The SMILES string of the molecule is CCCC/C=C\C/C=C\CCCCCCCC(=O)OC(COCCCCCCCCCC)COP(=O)([O-])OCC[N+](C)(C)C. The van der Waals surface area contributed by atoms with E-state index in [1.54, 1.807) is 0 Å².